The van der Waals surface area contributed by atoms with Crippen LogP contribution in [0.25, 0.3) is 0 Å². The van der Waals surface area contributed by atoms with Gasteiger partial charge in [-0.25, -0.2) is 0 Å². The first-order valence-electron chi connectivity index (χ1n) is 4.61. The van der Waals surface area contributed by atoms with Crippen LogP contribution in [0, 0.1) is 6.92 Å². The molecular formula is C11H15ClO2. The summed E-state index contributed by atoms with van der Waals surface area (Å²) in [6.45, 7) is 5.72. The predicted molar refractivity (Wildman–Crippen MR) is 57.9 cm³/mol. The van der Waals surface area contributed by atoms with Crippen molar-refractivity contribution >= 4 is 11.6 Å². The van der Waals surface area contributed by atoms with Crippen molar-refractivity contribution in [2.45, 2.75) is 33.5 Å². The van der Waals surface area contributed by atoms with Gasteiger partial charge in [-0.1, -0.05) is 23.7 Å². The highest BCUT2D eigenvalue weighted by atomic mass is 35.5. The summed E-state index contributed by atoms with van der Waals surface area (Å²) in [7, 11) is 0. The van der Waals surface area contributed by atoms with E-state index in [2.05, 4.69) is 0 Å². The van der Waals surface area contributed by atoms with Crippen LogP contribution in [0.1, 0.15) is 25.0 Å². The van der Waals surface area contributed by atoms with Crippen molar-refractivity contribution in [3.05, 3.63) is 28.3 Å². The van der Waals surface area contributed by atoms with Crippen LogP contribution >= 0.6 is 11.6 Å². The highest BCUT2D eigenvalue weighted by Crippen LogP contribution is 2.32. The maximum absolute atomic E-state index is 9.11. The Hall–Kier alpha value is -0.730. The van der Waals surface area contributed by atoms with E-state index in [1.165, 1.54) is 0 Å². The minimum Gasteiger partial charge on any atom is -0.489 e. The molecule has 0 amide bonds. The Kier molecular flexibility index (Phi) is 3.78. The first kappa shape index (κ1) is 11.3. The largest absolute Gasteiger partial charge is 0.489 e. The van der Waals surface area contributed by atoms with Gasteiger partial charge in [0, 0.05) is 5.56 Å². The zero-order chi connectivity index (χ0) is 10.7. The molecule has 0 unspecified atom stereocenters. The van der Waals surface area contributed by atoms with Gasteiger partial charge in [-0.15, -0.1) is 0 Å². The number of rotatable bonds is 3. The van der Waals surface area contributed by atoms with Gasteiger partial charge in [-0.05, 0) is 26.3 Å². The molecule has 0 bridgehead atoms. The summed E-state index contributed by atoms with van der Waals surface area (Å²) < 4.78 is 5.56. The molecule has 1 aromatic carbocycles. The Morgan fingerprint density at radius 1 is 1.43 bits per heavy atom. The number of aryl methyl sites for hydroxylation is 1. The van der Waals surface area contributed by atoms with Crippen LogP contribution in [0.2, 0.25) is 5.02 Å². The Labute approximate surface area is 89.5 Å². The Bertz CT molecular complexity index is 321. The van der Waals surface area contributed by atoms with E-state index in [9.17, 15) is 0 Å². The van der Waals surface area contributed by atoms with E-state index in [1.807, 2.05) is 32.9 Å². The lowest BCUT2D eigenvalue weighted by atomic mass is 10.1. The topological polar surface area (TPSA) is 29.5 Å². The Morgan fingerprint density at radius 2 is 2.07 bits per heavy atom. The Morgan fingerprint density at radius 3 is 2.57 bits per heavy atom. The molecule has 0 radical (unpaired) electrons. The molecule has 2 nitrogen and oxygen atoms in total. The predicted octanol–water partition coefficient (Wildman–Crippen LogP) is 2.93. The van der Waals surface area contributed by atoms with E-state index in [0.29, 0.717) is 10.8 Å². The molecule has 0 atom stereocenters. The Balaban J connectivity index is 3.14. The summed E-state index contributed by atoms with van der Waals surface area (Å²) in [5.74, 6) is 0.601. The third kappa shape index (κ3) is 2.40. The summed E-state index contributed by atoms with van der Waals surface area (Å²) >= 11 is 6.09. The normalized spacial score (nSPS) is 10.7. The van der Waals surface area contributed by atoms with Gasteiger partial charge in [0.2, 0.25) is 0 Å². The monoisotopic (exact) mass is 214 g/mol. The lowest BCUT2D eigenvalue weighted by molar-refractivity contribution is 0.225. The molecule has 1 N–H and O–H groups in total. The van der Waals surface area contributed by atoms with E-state index >= 15 is 0 Å². The minimum atomic E-state index is -0.0535. The summed E-state index contributed by atoms with van der Waals surface area (Å²) in [4.78, 5) is 0. The minimum absolute atomic E-state index is 0.0535. The highest BCUT2D eigenvalue weighted by molar-refractivity contribution is 6.32. The number of halogens is 1. The molecule has 0 aliphatic carbocycles. The van der Waals surface area contributed by atoms with E-state index in [0.717, 1.165) is 11.1 Å². The smallest absolute Gasteiger partial charge is 0.144 e. The molecule has 0 saturated heterocycles. The van der Waals surface area contributed by atoms with E-state index in [-0.39, 0.29) is 12.7 Å². The van der Waals surface area contributed by atoms with Gasteiger partial charge in [0.05, 0.1) is 17.7 Å². The van der Waals surface area contributed by atoms with Gasteiger partial charge < -0.3 is 9.84 Å². The molecule has 3 heteroatoms. The third-order valence-corrected chi connectivity index (χ3v) is 2.37. The molecule has 78 valence electrons. The average Bonchev–Trinajstić information content (AvgIpc) is 2.13. The van der Waals surface area contributed by atoms with Crippen molar-refractivity contribution in [3.8, 4) is 5.75 Å². The van der Waals surface area contributed by atoms with Crippen molar-refractivity contribution in [1.29, 1.82) is 0 Å². The molecule has 1 aromatic rings. The average molecular weight is 215 g/mol. The van der Waals surface area contributed by atoms with Crippen LogP contribution in [0.4, 0.5) is 0 Å². The number of benzene rings is 1. The molecule has 14 heavy (non-hydrogen) atoms. The molecule has 0 fully saturated rings. The number of ether oxygens (including phenoxy) is 1. The van der Waals surface area contributed by atoms with E-state index in [4.69, 9.17) is 21.4 Å². The van der Waals surface area contributed by atoms with Gasteiger partial charge in [0.15, 0.2) is 0 Å². The van der Waals surface area contributed by atoms with Gasteiger partial charge in [-0.3, -0.25) is 0 Å². The number of hydrogen-bond donors (Lipinski definition) is 1. The maximum Gasteiger partial charge on any atom is 0.144 e. The fourth-order valence-electron chi connectivity index (χ4n) is 1.18. The van der Waals surface area contributed by atoms with Crippen molar-refractivity contribution in [2.75, 3.05) is 0 Å². The first-order chi connectivity index (χ1) is 6.56. The van der Waals surface area contributed by atoms with Gasteiger partial charge in [-0.2, -0.15) is 0 Å². The molecule has 0 aromatic heterocycles. The summed E-state index contributed by atoms with van der Waals surface area (Å²) in [5, 5.41) is 9.70. The second-order valence-corrected chi connectivity index (χ2v) is 3.89. The SMILES string of the molecule is Cc1ccc(CO)c(OC(C)C)c1Cl. The summed E-state index contributed by atoms with van der Waals surface area (Å²) in [6.07, 6.45) is 0.0552. The van der Waals surface area contributed by atoms with Gasteiger partial charge in [0.1, 0.15) is 5.75 Å². The van der Waals surface area contributed by atoms with Crippen LogP contribution in [-0.2, 0) is 6.61 Å². The highest BCUT2D eigenvalue weighted by Gasteiger charge is 2.11. The quantitative estimate of drug-likeness (QED) is 0.839. The van der Waals surface area contributed by atoms with Crippen molar-refractivity contribution in [3.63, 3.8) is 0 Å². The fourth-order valence-corrected chi connectivity index (χ4v) is 1.41. The van der Waals surface area contributed by atoms with Crippen molar-refractivity contribution in [2.24, 2.45) is 0 Å². The summed E-state index contributed by atoms with van der Waals surface area (Å²) in [5.41, 5.74) is 1.69. The zero-order valence-corrected chi connectivity index (χ0v) is 9.43. The third-order valence-electron chi connectivity index (χ3n) is 1.90. The van der Waals surface area contributed by atoms with E-state index < -0.39 is 0 Å². The molecule has 0 heterocycles. The summed E-state index contributed by atoms with van der Waals surface area (Å²) in [6, 6.07) is 3.71. The van der Waals surface area contributed by atoms with Crippen LogP contribution in [0.5, 0.6) is 5.75 Å². The maximum atomic E-state index is 9.11. The first-order valence-corrected chi connectivity index (χ1v) is 4.99. The molecule has 0 spiro atoms. The van der Waals surface area contributed by atoms with E-state index in [1.54, 1.807) is 0 Å². The number of hydrogen-bond acceptors (Lipinski definition) is 2. The molecule has 0 aliphatic heterocycles. The van der Waals surface area contributed by atoms with Crippen LogP contribution < -0.4 is 4.74 Å². The zero-order valence-electron chi connectivity index (χ0n) is 8.67. The van der Waals surface area contributed by atoms with Gasteiger partial charge >= 0.3 is 0 Å². The lowest BCUT2D eigenvalue weighted by Gasteiger charge is -2.15. The molecule has 1 rings (SSSR count). The molecular weight excluding hydrogens is 200 g/mol. The van der Waals surface area contributed by atoms with Crippen LogP contribution in [0.15, 0.2) is 12.1 Å². The van der Waals surface area contributed by atoms with Crippen molar-refractivity contribution in [1.82, 2.24) is 0 Å². The fraction of sp³-hybridized carbons (Fsp3) is 0.455. The lowest BCUT2D eigenvalue weighted by Crippen LogP contribution is -2.08. The van der Waals surface area contributed by atoms with Crippen molar-refractivity contribution < 1.29 is 9.84 Å². The van der Waals surface area contributed by atoms with Gasteiger partial charge in [0.25, 0.3) is 0 Å². The number of aliphatic hydroxyl groups is 1. The molecule has 0 saturated carbocycles. The van der Waals surface area contributed by atoms with Crippen LogP contribution in [0.3, 0.4) is 0 Å². The standard InChI is InChI=1S/C11H15ClO2/c1-7(2)14-11-9(6-13)5-4-8(3)10(11)12/h4-5,7,13H,6H2,1-3H3. The second-order valence-electron chi connectivity index (χ2n) is 3.51. The van der Waals surface area contributed by atoms with Crippen LogP contribution in [-0.4, -0.2) is 11.2 Å². The second kappa shape index (κ2) is 4.67. The molecule has 0 aliphatic rings. The number of aliphatic hydroxyl groups excluding tert-OH is 1.